The van der Waals surface area contributed by atoms with E-state index in [0.717, 1.165) is 52.1 Å². The highest BCUT2D eigenvalue weighted by molar-refractivity contribution is 7.09. The van der Waals surface area contributed by atoms with Crippen molar-refractivity contribution in [2.45, 2.75) is 44.4 Å². The normalized spacial score (nSPS) is 27.1. The molecule has 0 aliphatic carbocycles. The van der Waals surface area contributed by atoms with Crippen molar-refractivity contribution >= 4 is 11.3 Å². The molecule has 0 radical (unpaired) electrons. The topological polar surface area (TPSA) is 34.6 Å². The van der Waals surface area contributed by atoms with Crippen LogP contribution in [0.1, 0.15) is 31.2 Å². The summed E-state index contributed by atoms with van der Waals surface area (Å²) in [5, 5.41) is 3.27. The van der Waals surface area contributed by atoms with Gasteiger partial charge in [0.15, 0.2) is 0 Å². The van der Waals surface area contributed by atoms with Crippen LogP contribution in [0.2, 0.25) is 0 Å². The van der Waals surface area contributed by atoms with Gasteiger partial charge in [0.05, 0.1) is 24.9 Å². The minimum atomic E-state index is 0.0964. The Bertz CT molecular complexity index is 388. The molecular formula is C14H22N2O2S. The molecule has 0 aromatic carbocycles. The maximum atomic E-state index is 6.07. The molecule has 1 aromatic rings. The first-order valence-electron chi connectivity index (χ1n) is 7.16. The van der Waals surface area contributed by atoms with Crippen LogP contribution in [0.3, 0.4) is 0 Å². The Hall–Kier alpha value is -0.490. The van der Waals surface area contributed by atoms with Gasteiger partial charge in [0.1, 0.15) is 5.01 Å². The van der Waals surface area contributed by atoms with Crippen molar-refractivity contribution in [1.29, 1.82) is 0 Å². The van der Waals surface area contributed by atoms with Crippen LogP contribution in [0.25, 0.3) is 0 Å². The van der Waals surface area contributed by atoms with Gasteiger partial charge in [-0.3, -0.25) is 4.90 Å². The van der Waals surface area contributed by atoms with Crippen LogP contribution in [0, 0.1) is 0 Å². The molecule has 2 saturated heterocycles. The van der Waals surface area contributed by atoms with Crippen LogP contribution in [0.5, 0.6) is 0 Å². The second-order valence-electron chi connectivity index (χ2n) is 5.48. The van der Waals surface area contributed by atoms with E-state index in [0.29, 0.717) is 6.10 Å². The molecule has 0 saturated carbocycles. The molecule has 4 nitrogen and oxygen atoms in total. The molecular weight excluding hydrogens is 260 g/mol. The van der Waals surface area contributed by atoms with Crippen LogP contribution in [-0.2, 0) is 16.0 Å². The highest BCUT2D eigenvalue weighted by Crippen LogP contribution is 2.37. The number of ether oxygens (including phenoxy) is 2. The summed E-state index contributed by atoms with van der Waals surface area (Å²) in [6.07, 6.45) is 5.53. The van der Waals surface area contributed by atoms with Gasteiger partial charge in [0, 0.05) is 37.7 Å². The van der Waals surface area contributed by atoms with E-state index in [9.17, 15) is 0 Å². The van der Waals surface area contributed by atoms with E-state index in [1.807, 2.05) is 11.6 Å². The summed E-state index contributed by atoms with van der Waals surface area (Å²) in [5.41, 5.74) is 0.0964. The van der Waals surface area contributed by atoms with Crippen molar-refractivity contribution in [2.75, 3.05) is 26.3 Å². The second kappa shape index (κ2) is 5.87. The fourth-order valence-electron chi connectivity index (χ4n) is 3.13. The zero-order chi connectivity index (χ0) is 13.1. The predicted molar refractivity (Wildman–Crippen MR) is 75.3 cm³/mol. The first kappa shape index (κ1) is 13.5. The van der Waals surface area contributed by atoms with Gasteiger partial charge < -0.3 is 9.47 Å². The number of hydrogen-bond donors (Lipinski definition) is 0. The van der Waals surface area contributed by atoms with Gasteiger partial charge >= 0.3 is 0 Å². The van der Waals surface area contributed by atoms with Crippen LogP contribution in [-0.4, -0.2) is 47.9 Å². The molecule has 2 aliphatic heterocycles. The molecule has 1 spiro atoms. The van der Waals surface area contributed by atoms with E-state index < -0.39 is 0 Å². The SMILES string of the molecule is CCO[C@@H]1COC2(CCN(Cc3nccs3)CC2)C1. The third-order valence-corrected chi connectivity index (χ3v) is 4.95. The molecule has 3 heterocycles. The molecule has 2 fully saturated rings. The van der Waals surface area contributed by atoms with Gasteiger partial charge in [-0.15, -0.1) is 11.3 Å². The molecule has 0 amide bonds. The molecule has 5 heteroatoms. The maximum Gasteiger partial charge on any atom is 0.107 e. The third kappa shape index (κ3) is 3.16. The summed E-state index contributed by atoms with van der Waals surface area (Å²) in [7, 11) is 0. The average molecular weight is 282 g/mol. The van der Waals surface area contributed by atoms with Crippen molar-refractivity contribution in [3.8, 4) is 0 Å². The average Bonchev–Trinajstić information content (AvgIpc) is 3.04. The van der Waals surface area contributed by atoms with Crippen molar-refractivity contribution in [2.24, 2.45) is 0 Å². The Balaban J connectivity index is 1.49. The van der Waals surface area contributed by atoms with Crippen molar-refractivity contribution in [3.05, 3.63) is 16.6 Å². The lowest BCUT2D eigenvalue weighted by Crippen LogP contribution is -2.43. The quantitative estimate of drug-likeness (QED) is 0.849. The van der Waals surface area contributed by atoms with E-state index in [4.69, 9.17) is 9.47 Å². The molecule has 1 atom stereocenters. The van der Waals surface area contributed by atoms with Crippen LogP contribution in [0.4, 0.5) is 0 Å². The van der Waals surface area contributed by atoms with Gasteiger partial charge in [0.25, 0.3) is 0 Å². The van der Waals surface area contributed by atoms with Gasteiger partial charge in [0.2, 0.25) is 0 Å². The Labute approximate surface area is 118 Å². The first-order chi connectivity index (χ1) is 9.30. The highest BCUT2D eigenvalue weighted by Gasteiger charge is 2.42. The van der Waals surface area contributed by atoms with Crippen molar-refractivity contribution in [1.82, 2.24) is 9.88 Å². The van der Waals surface area contributed by atoms with Crippen LogP contribution >= 0.6 is 11.3 Å². The lowest BCUT2D eigenvalue weighted by molar-refractivity contribution is -0.0464. The molecule has 19 heavy (non-hydrogen) atoms. The summed E-state index contributed by atoms with van der Waals surface area (Å²) in [6, 6.07) is 0. The Kier molecular flexibility index (Phi) is 4.17. The predicted octanol–water partition coefficient (Wildman–Crippen LogP) is 2.30. The fraction of sp³-hybridized carbons (Fsp3) is 0.786. The number of piperidine rings is 1. The summed E-state index contributed by atoms with van der Waals surface area (Å²) in [4.78, 5) is 6.85. The van der Waals surface area contributed by atoms with E-state index >= 15 is 0 Å². The summed E-state index contributed by atoms with van der Waals surface area (Å²) in [5.74, 6) is 0. The van der Waals surface area contributed by atoms with E-state index in [2.05, 4.69) is 16.8 Å². The standard InChI is InChI=1S/C14H22N2O2S/c1-2-17-12-9-14(18-11-12)3-6-16(7-4-14)10-13-15-5-8-19-13/h5,8,12H,2-4,6-7,9-11H2,1H3/t12-/m0/s1. The second-order valence-corrected chi connectivity index (χ2v) is 6.46. The molecule has 1 aromatic heterocycles. The molecule has 0 unspecified atom stereocenters. The fourth-order valence-corrected chi connectivity index (χ4v) is 3.79. The Morgan fingerprint density at radius 2 is 2.37 bits per heavy atom. The molecule has 0 bridgehead atoms. The number of likely N-dealkylation sites (tertiary alicyclic amines) is 1. The largest absolute Gasteiger partial charge is 0.376 e. The molecule has 0 N–H and O–H groups in total. The third-order valence-electron chi connectivity index (χ3n) is 4.19. The molecule has 3 rings (SSSR count). The van der Waals surface area contributed by atoms with Crippen LogP contribution < -0.4 is 0 Å². The smallest absolute Gasteiger partial charge is 0.107 e. The van der Waals surface area contributed by atoms with Gasteiger partial charge in [-0.2, -0.15) is 0 Å². The number of nitrogens with zero attached hydrogens (tertiary/aromatic N) is 2. The highest BCUT2D eigenvalue weighted by atomic mass is 32.1. The van der Waals surface area contributed by atoms with Gasteiger partial charge in [-0.05, 0) is 19.8 Å². The Morgan fingerprint density at radius 3 is 3.05 bits per heavy atom. The lowest BCUT2D eigenvalue weighted by atomic mass is 9.88. The minimum Gasteiger partial charge on any atom is -0.376 e. The Morgan fingerprint density at radius 1 is 1.53 bits per heavy atom. The first-order valence-corrected chi connectivity index (χ1v) is 8.04. The van der Waals surface area contributed by atoms with E-state index in [1.54, 1.807) is 11.3 Å². The monoisotopic (exact) mass is 282 g/mol. The van der Waals surface area contributed by atoms with E-state index in [1.165, 1.54) is 5.01 Å². The van der Waals surface area contributed by atoms with E-state index in [-0.39, 0.29) is 5.60 Å². The van der Waals surface area contributed by atoms with Crippen molar-refractivity contribution in [3.63, 3.8) is 0 Å². The van der Waals surface area contributed by atoms with Gasteiger partial charge in [-0.25, -0.2) is 4.98 Å². The number of aromatic nitrogens is 1. The summed E-state index contributed by atoms with van der Waals surface area (Å²) >= 11 is 1.74. The van der Waals surface area contributed by atoms with Gasteiger partial charge in [-0.1, -0.05) is 0 Å². The molecule has 106 valence electrons. The number of hydrogen-bond acceptors (Lipinski definition) is 5. The van der Waals surface area contributed by atoms with Crippen molar-refractivity contribution < 1.29 is 9.47 Å². The summed E-state index contributed by atoms with van der Waals surface area (Å²) < 4.78 is 11.8. The number of rotatable bonds is 4. The zero-order valence-corrected chi connectivity index (χ0v) is 12.3. The molecule has 2 aliphatic rings. The minimum absolute atomic E-state index is 0.0964. The number of thiazole rings is 1. The summed E-state index contributed by atoms with van der Waals surface area (Å²) in [6.45, 7) is 6.84. The lowest BCUT2D eigenvalue weighted by Gasteiger charge is -2.38. The zero-order valence-electron chi connectivity index (χ0n) is 11.5. The van der Waals surface area contributed by atoms with Crippen LogP contribution in [0.15, 0.2) is 11.6 Å². The maximum absolute atomic E-state index is 6.07.